The molecule has 0 atom stereocenters. The molecule has 0 saturated heterocycles. The Morgan fingerprint density at radius 1 is 1.50 bits per heavy atom. The molecular weight excluding hydrogens is 252 g/mol. The van der Waals surface area contributed by atoms with E-state index in [1.54, 1.807) is 12.1 Å². The Morgan fingerprint density at radius 2 is 2.33 bits per heavy atom. The van der Waals surface area contributed by atoms with Crippen molar-refractivity contribution in [1.29, 1.82) is 0 Å². The summed E-state index contributed by atoms with van der Waals surface area (Å²) in [5.74, 6) is 5.38. The fourth-order valence-electron chi connectivity index (χ4n) is 1.27. The summed E-state index contributed by atoms with van der Waals surface area (Å²) in [6, 6.07) is 3.15. The number of aryl methyl sites for hydroxylation is 1. The monoisotopic (exact) mass is 264 g/mol. The van der Waals surface area contributed by atoms with E-state index >= 15 is 0 Å². The van der Waals surface area contributed by atoms with Crippen LogP contribution in [0, 0.1) is 0 Å². The van der Waals surface area contributed by atoms with Crippen LogP contribution in [0.15, 0.2) is 18.3 Å². The zero-order chi connectivity index (χ0) is 13.0. The standard InChI is InChI=1S/C10H12N6OS/c1-2-8-15-16-10(18-8)13-9(17)6-3-4-12-7(5-6)14-11/h3-5H,2,11H2,1H3,(H,12,14)(H,13,16,17). The van der Waals surface area contributed by atoms with E-state index in [0.29, 0.717) is 16.5 Å². The van der Waals surface area contributed by atoms with Gasteiger partial charge in [-0.15, -0.1) is 10.2 Å². The highest BCUT2D eigenvalue weighted by atomic mass is 32.1. The van der Waals surface area contributed by atoms with Gasteiger partial charge in [0, 0.05) is 11.8 Å². The van der Waals surface area contributed by atoms with Gasteiger partial charge in [0.1, 0.15) is 10.8 Å². The van der Waals surface area contributed by atoms with E-state index in [9.17, 15) is 4.79 Å². The summed E-state index contributed by atoms with van der Waals surface area (Å²) in [6.07, 6.45) is 2.30. The highest BCUT2D eigenvalue weighted by Gasteiger charge is 2.10. The van der Waals surface area contributed by atoms with E-state index in [1.807, 2.05) is 6.92 Å². The van der Waals surface area contributed by atoms with Crippen LogP contribution in [0.2, 0.25) is 0 Å². The normalized spacial score (nSPS) is 10.1. The molecule has 0 radical (unpaired) electrons. The molecule has 0 spiro atoms. The number of anilines is 2. The summed E-state index contributed by atoms with van der Waals surface area (Å²) in [5.41, 5.74) is 2.83. The third-order valence-corrected chi connectivity index (χ3v) is 3.14. The first-order chi connectivity index (χ1) is 8.72. The van der Waals surface area contributed by atoms with Crippen LogP contribution in [0.3, 0.4) is 0 Å². The average molecular weight is 264 g/mol. The summed E-state index contributed by atoms with van der Waals surface area (Å²) in [6.45, 7) is 1.98. The van der Waals surface area contributed by atoms with Gasteiger partial charge in [0.2, 0.25) is 5.13 Å². The SMILES string of the molecule is CCc1nnc(NC(=O)c2ccnc(NN)c2)s1. The number of nitrogen functional groups attached to an aromatic ring is 1. The topological polar surface area (TPSA) is 106 Å². The Labute approximate surface area is 107 Å². The van der Waals surface area contributed by atoms with Gasteiger partial charge in [-0.05, 0) is 18.6 Å². The molecule has 4 N–H and O–H groups in total. The van der Waals surface area contributed by atoms with Crippen LogP contribution in [-0.2, 0) is 6.42 Å². The maximum Gasteiger partial charge on any atom is 0.257 e. The van der Waals surface area contributed by atoms with Crippen LogP contribution < -0.4 is 16.6 Å². The molecule has 0 unspecified atom stereocenters. The first-order valence-corrected chi connectivity index (χ1v) is 6.11. The summed E-state index contributed by atoms with van der Waals surface area (Å²) < 4.78 is 0. The van der Waals surface area contributed by atoms with Gasteiger partial charge in [-0.1, -0.05) is 18.3 Å². The zero-order valence-corrected chi connectivity index (χ0v) is 10.5. The van der Waals surface area contributed by atoms with Gasteiger partial charge in [0.15, 0.2) is 0 Å². The molecule has 0 fully saturated rings. The molecule has 7 nitrogen and oxygen atoms in total. The van der Waals surface area contributed by atoms with Crippen molar-refractivity contribution in [1.82, 2.24) is 15.2 Å². The minimum atomic E-state index is -0.271. The minimum absolute atomic E-state index is 0.271. The maximum atomic E-state index is 11.9. The van der Waals surface area contributed by atoms with Crippen molar-refractivity contribution < 1.29 is 4.79 Å². The number of aromatic nitrogens is 3. The molecule has 2 heterocycles. The Balaban J connectivity index is 2.11. The van der Waals surface area contributed by atoms with E-state index in [4.69, 9.17) is 5.84 Å². The number of carbonyl (C=O) groups excluding carboxylic acids is 1. The molecule has 2 aromatic heterocycles. The predicted octanol–water partition coefficient (Wildman–Crippen LogP) is 1.03. The van der Waals surface area contributed by atoms with Gasteiger partial charge in [0.05, 0.1) is 0 Å². The highest BCUT2D eigenvalue weighted by molar-refractivity contribution is 7.15. The molecule has 94 valence electrons. The molecule has 0 aliphatic carbocycles. The van der Waals surface area contributed by atoms with Crippen LogP contribution in [0.4, 0.5) is 10.9 Å². The summed E-state index contributed by atoms with van der Waals surface area (Å²) in [7, 11) is 0. The van der Waals surface area contributed by atoms with E-state index < -0.39 is 0 Å². The maximum absolute atomic E-state index is 11.9. The van der Waals surface area contributed by atoms with E-state index in [-0.39, 0.29) is 5.91 Å². The summed E-state index contributed by atoms with van der Waals surface area (Å²) in [4.78, 5) is 15.8. The van der Waals surface area contributed by atoms with Gasteiger partial charge in [-0.2, -0.15) is 0 Å². The number of hydrogen-bond donors (Lipinski definition) is 3. The number of rotatable bonds is 4. The lowest BCUT2D eigenvalue weighted by atomic mass is 10.2. The number of nitrogens with zero attached hydrogens (tertiary/aromatic N) is 3. The second-order valence-electron chi connectivity index (χ2n) is 3.38. The quantitative estimate of drug-likeness (QED) is 0.562. The number of carbonyl (C=O) groups is 1. The molecule has 0 aliphatic rings. The van der Waals surface area contributed by atoms with Crippen LogP contribution in [0.5, 0.6) is 0 Å². The van der Waals surface area contributed by atoms with Crippen molar-refractivity contribution in [3.05, 3.63) is 28.9 Å². The largest absolute Gasteiger partial charge is 0.308 e. The van der Waals surface area contributed by atoms with Crippen LogP contribution in [0.1, 0.15) is 22.3 Å². The van der Waals surface area contributed by atoms with E-state index in [2.05, 4.69) is 25.9 Å². The molecule has 18 heavy (non-hydrogen) atoms. The lowest BCUT2D eigenvalue weighted by molar-refractivity contribution is 0.102. The van der Waals surface area contributed by atoms with Gasteiger partial charge in [0.25, 0.3) is 5.91 Å². The number of nitrogens with one attached hydrogen (secondary N) is 2. The smallest absolute Gasteiger partial charge is 0.257 e. The van der Waals surface area contributed by atoms with Crippen LogP contribution in [0.25, 0.3) is 0 Å². The number of pyridine rings is 1. The van der Waals surface area contributed by atoms with Gasteiger partial charge in [-0.3, -0.25) is 10.1 Å². The first kappa shape index (κ1) is 12.4. The first-order valence-electron chi connectivity index (χ1n) is 5.29. The summed E-state index contributed by atoms with van der Waals surface area (Å²) in [5, 5.41) is 11.8. The molecule has 8 heteroatoms. The van der Waals surface area contributed by atoms with E-state index in [0.717, 1.165) is 11.4 Å². The van der Waals surface area contributed by atoms with Crippen molar-refractivity contribution in [2.75, 3.05) is 10.7 Å². The van der Waals surface area contributed by atoms with Gasteiger partial charge < -0.3 is 5.43 Å². The lowest BCUT2D eigenvalue weighted by Crippen LogP contribution is -2.14. The van der Waals surface area contributed by atoms with Crippen LogP contribution >= 0.6 is 11.3 Å². The third kappa shape index (κ3) is 2.79. The predicted molar refractivity (Wildman–Crippen MR) is 69.3 cm³/mol. The number of nitrogens with two attached hydrogens (primary N) is 1. The fourth-order valence-corrected chi connectivity index (χ4v) is 1.94. The molecule has 0 saturated carbocycles. The Morgan fingerprint density at radius 3 is 3.00 bits per heavy atom. The minimum Gasteiger partial charge on any atom is -0.308 e. The van der Waals surface area contributed by atoms with Crippen LogP contribution in [-0.4, -0.2) is 21.1 Å². The molecule has 2 aromatic rings. The van der Waals surface area contributed by atoms with E-state index in [1.165, 1.54) is 17.5 Å². The molecular formula is C10H12N6OS. The van der Waals surface area contributed by atoms with Crippen molar-refractivity contribution >= 4 is 28.2 Å². The highest BCUT2D eigenvalue weighted by Crippen LogP contribution is 2.16. The van der Waals surface area contributed by atoms with Gasteiger partial charge >= 0.3 is 0 Å². The third-order valence-electron chi connectivity index (χ3n) is 2.16. The zero-order valence-electron chi connectivity index (χ0n) is 9.67. The molecule has 0 aromatic carbocycles. The summed E-state index contributed by atoms with van der Waals surface area (Å²) >= 11 is 1.36. The van der Waals surface area contributed by atoms with Crippen molar-refractivity contribution in [2.24, 2.45) is 5.84 Å². The fraction of sp³-hybridized carbons (Fsp3) is 0.200. The molecule has 1 amide bonds. The average Bonchev–Trinajstić information content (AvgIpc) is 2.86. The van der Waals surface area contributed by atoms with Crippen molar-refractivity contribution in [3.63, 3.8) is 0 Å². The molecule has 0 bridgehead atoms. The van der Waals surface area contributed by atoms with Crippen molar-refractivity contribution in [3.8, 4) is 0 Å². The molecule has 2 rings (SSSR count). The number of hydrogen-bond acceptors (Lipinski definition) is 7. The Bertz CT molecular complexity index is 555. The van der Waals surface area contributed by atoms with Crippen molar-refractivity contribution in [2.45, 2.75) is 13.3 Å². The molecule has 0 aliphatic heterocycles. The second kappa shape index (κ2) is 5.52. The Hall–Kier alpha value is -2.06. The Kier molecular flexibility index (Phi) is 3.80. The van der Waals surface area contributed by atoms with Gasteiger partial charge in [-0.25, -0.2) is 10.8 Å². The number of hydrazine groups is 1. The second-order valence-corrected chi connectivity index (χ2v) is 4.44. The number of amides is 1. The lowest BCUT2D eigenvalue weighted by Gasteiger charge is -2.03.